The molecule has 140 valence electrons. The molecule has 1 aliphatic rings. The van der Waals surface area contributed by atoms with Gasteiger partial charge in [-0.05, 0) is 49.9 Å². The number of aryl methyl sites for hydroxylation is 2. The molecule has 1 amide bonds. The number of methoxy groups -OCH3 is 1. The number of carbonyl (C=O) groups is 1. The lowest BCUT2D eigenvalue weighted by Crippen LogP contribution is -2.37. The smallest absolute Gasteiger partial charge is 0.243 e. The molecule has 0 saturated carbocycles. The molecule has 1 fully saturated rings. The summed E-state index contributed by atoms with van der Waals surface area (Å²) in [6, 6.07) is 3.44. The predicted octanol–water partition coefficient (Wildman–Crippen LogP) is 2.34. The molecule has 1 aromatic rings. The molecule has 2 rings (SSSR count). The first-order valence-corrected chi connectivity index (χ1v) is 10.2. The maximum Gasteiger partial charge on any atom is 0.243 e. The molecule has 0 bridgehead atoms. The monoisotopic (exact) mass is 368 g/mol. The van der Waals surface area contributed by atoms with Crippen LogP contribution >= 0.6 is 0 Å². The van der Waals surface area contributed by atoms with Crippen LogP contribution in [-0.4, -0.2) is 56.8 Å². The van der Waals surface area contributed by atoms with E-state index >= 15 is 0 Å². The molecule has 1 aliphatic heterocycles. The van der Waals surface area contributed by atoms with Crippen molar-refractivity contribution in [2.24, 2.45) is 0 Å². The van der Waals surface area contributed by atoms with Crippen molar-refractivity contribution in [1.29, 1.82) is 0 Å². The van der Waals surface area contributed by atoms with Gasteiger partial charge in [-0.3, -0.25) is 4.79 Å². The van der Waals surface area contributed by atoms with Crippen LogP contribution in [0.2, 0.25) is 0 Å². The molecule has 0 unspecified atom stereocenters. The second kappa shape index (κ2) is 8.19. The van der Waals surface area contributed by atoms with Gasteiger partial charge in [0.25, 0.3) is 0 Å². The van der Waals surface area contributed by atoms with Crippen molar-refractivity contribution in [3.05, 3.63) is 23.3 Å². The lowest BCUT2D eigenvalue weighted by molar-refractivity contribution is -0.131. The van der Waals surface area contributed by atoms with Gasteiger partial charge in [0.15, 0.2) is 0 Å². The zero-order chi connectivity index (χ0) is 18.6. The highest BCUT2D eigenvalue weighted by Gasteiger charge is 2.29. The van der Waals surface area contributed by atoms with E-state index < -0.39 is 10.0 Å². The van der Waals surface area contributed by atoms with Gasteiger partial charge in [0.1, 0.15) is 5.75 Å². The number of rotatable bonds is 5. The van der Waals surface area contributed by atoms with Crippen molar-refractivity contribution in [1.82, 2.24) is 9.21 Å². The average molecular weight is 368 g/mol. The molecule has 0 N–H and O–H groups in total. The van der Waals surface area contributed by atoms with E-state index in [2.05, 4.69) is 0 Å². The summed E-state index contributed by atoms with van der Waals surface area (Å²) in [5.41, 5.74) is 1.46. The Morgan fingerprint density at radius 2 is 1.84 bits per heavy atom. The molecule has 0 aliphatic carbocycles. The van der Waals surface area contributed by atoms with Gasteiger partial charge in [-0.2, -0.15) is 4.31 Å². The highest BCUT2D eigenvalue weighted by molar-refractivity contribution is 7.89. The highest BCUT2D eigenvalue weighted by Crippen LogP contribution is 2.28. The molecule has 1 aromatic carbocycles. The molecule has 7 heteroatoms. The van der Waals surface area contributed by atoms with Crippen LogP contribution in [0.5, 0.6) is 5.75 Å². The average Bonchev–Trinajstić information content (AvgIpc) is 2.83. The molecule has 0 aromatic heterocycles. The standard InChI is InChI=1S/C18H28N2O4S/c1-5-7-18(21)19-8-6-9-20(11-10-19)25(22,23)17-13-14(2)16(24-4)12-15(17)3/h12-13H,5-11H2,1-4H3. The Balaban J connectivity index is 2.23. The summed E-state index contributed by atoms with van der Waals surface area (Å²) < 4.78 is 33.0. The van der Waals surface area contributed by atoms with E-state index in [0.29, 0.717) is 55.2 Å². The van der Waals surface area contributed by atoms with Crippen LogP contribution in [0.4, 0.5) is 0 Å². The number of hydrogen-bond acceptors (Lipinski definition) is 4. The van der Waals surface area contributed by atoms with Crippen LogP contribution in [0.25, 0.3) is 0 Å². The van der Waals surface area contributed by atoms with Crippen molar-refractivity contribution in [2.75, 3.05) is 33.3 Å². The molecular weight excluding hydrogens is 340 g/mol. The number of nitrogens with zero attached hydrogens (tertiary/aromatic N) is 2. The third-order valence-electron chi connectivity index (χ3n) is 4.58. The van der Waals surface area contributed by atoms with Crippen LogP contribution in [-0.2, 0) is 14.8 Å². The summed E-state index contributed by atoms with van der Waals surface area (Å²) in [4.78, 5) is 14.2. The Kier molecular flexibility index (Phi) is 6.46. The summed E-state index contributed by atoms with van der Waals surface area (Å²) in [6.07, 6.45) is 1.98. The molecule has 0 atom stereocenters. The van der Waals surface area contributed by atoms with Gasteiger partial charge < -0.3 is 9.64 Å². The van der Waals surface area contributed by atoms with Crippen LogP contribution in [0.1, 0.15) is 37.3 Å². The van der Waals surface area contributed by atoms with Crippen molar-refractivity contribution in [2.45, 2.75) is 44.9 Å². The first-order chi connectivity index (χ1) is 11.8. The first-order valence-electron chi connectivity index (χ1n) is 8.74. The zero-order valence-electron chi connectivity index (χ0n) is 15.5. The fourth-order valence-electron chi connectivity index (χ4n) is 3.16. The minimum atomic E-state index is -3.59. The molecule has 0 spiro atoms. The third kappa shape index (κ3) is 4.33. The fourth-order valence-corrected chi connectivity index (χ4v) is 4.92. The number of hydrogen-bond donors (Lipinski definition) is 0. The maximum absolute atomic E-state index is 13.1. The number of carbonyl (C=O) groups excluding carboxylic acids is 1. The first kappa shape index (κ1) is 19.7. The lowest BCUT2D eigenvalue weighted by Gasteiger charge is -2.23. The van der Waals surface area contributed by atoms with Gasteiger partial charge >= 0.3 is 0 Å². The van der Waals surface area contributed by atoms with Crippen LogP contribution in [0.15, 0.2) is 17.0 Å². The Labute approximate surface area is 150 Å². The highest BCUT2D eigenvalue weighted by atomic mass is 32.2. The van der Waals surface area contributed by atoms with Gasteiger partial charge in [0.05, 0.1) is 12.0 Å². The Morgan fingerprint density at radius 3 is 2.48 bits per heavy atom. The largest absolute Gasteiger partial charge is 0.496 e. The van der Waals surface area contributed by atoms with E-state index in [1.54, 1.807) is 31.1 Å². The lowest BCUT2D eigenvalue weighted by atomic mass is 10.1. The predicted molar refractivity (Wildman–Crippen MR) is 97.3 cm³/mol. The minimum absolute atomic E-state index is 0.109. The van der Waals surface area contributed by atoms with Gasteiger partial charge in [-0.25, -0.2) is 8.42 Å². The van der Waals surface area contributed by atoms with Gasteiger partial charge in [0.2, 0.25) is 15.9 Å². The van der Waals surface area contributed by atoms with E-state index in [1.165, 1.54) is 4.31 Å². The summed E-state index contributed by atoms with van der Waals surface area (Å²) in [5, 5.41) is 0. The van der Waals surface area contributed by atoms with Gasteiger partial charge in [-0.15, -0.1) is 0 Å². The van der Waals surface area contributed by atoms with E-state index in [9.17, 15) is 13.2 Å². The van der Waals surface area contributed by atoms with Crippen LogP contribution in [0, 0.1) is 13.8 Å². The summed E-state index contributed by atoms with van der Waals surface area (Å²) >= 11 is 0. The molecule has 1 heterocycles. The van der Waals surface area contributed by atoms with E-state index in [0.717, 1.165) is 12.0 Å². The second-order valence-corrected chi connectivity index (χ2v) is 8.38. The van der Waals surface area contributed by atoms with Crippen molar-refractivity contribution in [3.63, 3.8) is 0 Å². The topological polar surface area (TPSA) is 66.9 Å². The van der Waals surface area contributed by atoms with E-state index in [-0.39, 0.29) is 5.91 Å². The quantitative estimate of drug-likeness (QED) is 0.800. The number of amides is 1. The summed E-state index contributed by atoms with van der Waals surface area (Å²) in [5.74, 6) is 0.793. The molecule has 1 saturated heterocycles. The normalized spacial score (nSPS) is 16.6. The van der Waals surface area contributed by atoms with Crippen molar-refractivity contribution >= 4 is 15.9 Å². The van der Waals surface area contributed by atoms with Gasteiger partial charge in [0, 0.05) is 32.6 Å². The van der Waals surface area contributed by atoms with Crippen molar-refractivity contribution in [3.8, 4) is 5.75 Å². The Morgan fingerprint density at radius 1 is 1.12 bits per heavy atom. The fraction of sp³-hybridized carbons (Fsp3) is 0.611. The third-order valence-corrected chi connectivity index (χ3v) is 6.62. The maximum atomic E-state index is 13.1. The number of ether oxygens (including phenoxy) is 1. The molecule has 6 nitrogen and oxygen atoms in total. The zero-order valence-corrected chi connectivity index (χ0v) is 16.4. The second-order valence-electron chi connectivity index (χ2n) is 6.48. The SMILES string of the molecule is CCCC(=O)N1CCCN(S(=O)(=O)c2cc(C)c(OC)cc2C)CC1. The molecular formula is C18H28N2O4S. The number of benzene rings is 1. The van der Waals surface area contributed by atoms with Gasteiger partial charge in [-0.1, -0.05) is 6.92 Å². The molecule has 25 heavy (non-hydrogen) atoms. The van der Waals surface area contributed by atoms with E-state index in [4.69, 9.17) is 4.74 Å². The Hall–Kier alpha value is -1.60. The Bertz CT molecular complexity index is 731. The van der Waals surface area contributed by atoms with E-state index in [1.807, 2.05) is 13.8 Å². The number of sulfonamides is 1. The van der Waals surface area contributed by atoms with Crippen molar-refractivity contribution < 1.29 is 17.9 Å². The summed E-state index contributed by atoms with van der Waals surface area (Å²) in [6.45, 7) is 7.43. The van der Waals surface area contributed by atoms with Crippen LogP contribution in [0.3, 0.4) is 0 Å². The minimum Gasteiger partial charge on any atom is -0.496 e. The van der Waals surface area contributed by atoms with Crippen LogP contribution < -0.4 is 4.74 Å². The summed E-state index contributed by atoms with van der Waals surface area (Å²) in [7, 11) is -2.01. The molecule has 0 radical (unpaired) electrons.